The van der Waals surface area contributed by atoms with Gasteiger partial charge in [-0.25, -0.2) is 0 Å². The molecule has 1 aromatic rings. The molecule has 0 bridgehead atoms. The smallest absolute Gasteiger partial charge is 0.261 e. The van der Waals surface area contributed by atoms with Crippen LogP contribution in [0.3, 0.4) is 0 Å². The largest absolute Gasteiger partial charge is 0.355 e. The molecule has 82 valence electrons. The molecule has 0 spiro atoms. The van der Waals surface area contributed by atoms with Crippen LogP contribution in [0.4, 0.5) is 0 Å². The fourth-order valence-electron chi connectivity index (χ4n) is 1.06. The number of likely N-dealkylation sites (N-methyl/N-ethyl adjacent to an activating group) is 1. The number of nitrogens with one attached hydrogen (secondary N) is 2. The summed E-state index contributed by atoms with van der Waals surface area (Å²) in [7, 11) is 0. The molecule has 0 aromatic carbocycles. The summed E-state index contributed by atoms with van der Waals surface area (Å²) in [5.74, 6) is -0.363. The van der Waals surface area contributed by atoms with Gasteiger partial charge in [-0.2, -0.15) is 0 Å². The Balaban J connectivity index is 2.40. The lowest BCUT2D eigenvalue weighted by Gasteiger charge is -2.03. The van der Waals surface area contributed by atoms with Gasteiger partial charge >= 0.3 is 0 Å². The van der Waals surface area contributed by atoms with Crippen LogP contribution >= 0.6 is 11.3 Å². The second-order valence-corrected chi connectivity index (χ2v) is 4.33. The highest BCUT2D eigenvalue weighted by Crippen LogP contribution is 2.14. The Bertz CT molecular complexity index is 360. The number of rotatable bonds is 4. The quantitative estimate of drug-likeness (QED) is 0.802. The van der Waals surface area contributed by atoms with Crippen LogP contribution in [-0.2, 0) is 4.79 Å². The van der Waals surface area contributed by atoms with Crippen molar-refractivity contribution in [2.24, 2.45) is 0 Å². The third kappa shape index (κ3) is 3.71. The first-order valence-electron chi connectivity index (χ1n) is 4.74. The summed E-state index contributed by atoms with van der Waals surface area (Å²) in [5.41, 5.74) is 0. The van der Waals surface area contributed by atoms with Crippen LogP contribution in [0, 0.1) is 6.92 Å². The van der Waals surface area contributed by atoms with Crippen molar-refractivity contribution >= 4 is 23.2 Å². The van der Waals surface area contributed by atoms with Crippen LogP contribution in [0.25, 0.3) is 0 Å². The van der Waals surface area contributed by atoms with Crippen molar-refractivity contribution in [1.29, 1.82) is 0 Å². The second kappa shape index (κ2) is 5.50. The van der Waals surface area contributed by atoms with E-state index in [-0.39, 0.29) is 18.4 Å². The van der Waals surface area contributed by atoms with E-state index in [9.17, 15) is 9.59 Å². The number of carbonyl (C=O) groups is 2. The van der Waals surface area contributed by atoms with Crippen molar-refractivity contribution in [3.8, 4) is 0 Å². The van der Waals surface area contributed by atoms with Gasteiger partial charge < -0.3 is 10.6 Å². The minimum atomic E-state index is -0.195. The molecule has 4 nitrogen and oxygen atoms in total. The van der Waals surface area contributed by atoms with Crippen molar-refractivity contribution in [2.45, 2.75) is 13.8 Å². The Kier molecular flexibility index (Phi) is 4.30. The molecule has 0 aliphatic rings. The normalized spacial score (nSPS) is 9.73. The predicted molar refractivity (Wildman–Crippen MR) is 60.1 cm³/mol. The molecule has 1 heterocycles. The second-order valence-electron chi connectivity index (χ2n) is 3.05. The third-order valence-corrected chi connectivity index (χ3v) is 2.75. The lowest BCUT2D eigenvalue weighted by atomic mass is 10.4. The standard InChI is InChI=1S/C10H14N2O2S/c1-3-11-9(13)6-12-10(14)8-5-4-7(2)15-8/h4-5H,3,6H2,1-2H3,(H,11,13)(H,12,14). The molecule has 0 unspecified atom stereocenters. The molecule has 0 radical (unpaired) electrons. The number of thiophene rings is 1. The molecule has 1 aromatic heterocycles. The van der Waals surface area contributed by atoms with Crippen LogP contribution in [0.5, 0.6) is 0 Å². The SMILES string of the molecule is CCNC(=O)CNC(=O)c1ccc(C)s1. The summed E-state index contributed by atoms with van der Waals surface area (Å²) in [5, 5.41) is 5.16. The molecule has 15 heavy (non-hydrogen) atoms. The summed E-state index contributed by atoms with van der Waals surface area (Å²) in [6.45, 7) is 4.38. The van der Waals surface area contributed by atoms with Crippen molar-refractivity contribution in [2.75, 3.05) is 13.1 Å². The molecule has 0 aliphatic carbocycles. The molecule has 5 heteroatoms. The molecule has 0 atom stereocenters. The zero-order valence-electron chi connectivity index (χ0n) is 8.79. The van der Waals surface area contributed by atoms with E-state index in [1.807, 2.05) is 19.9 Å². The highest BCUT2D eigenvalue weighted by molar-refractivity contribution is 7.13. The van der Waals surface area contributed by atoms with Crippen LogP contribution in [-0.4, -0.2) is 24.9 Å². The average molecular weight is 226 g/mol. The maximum atomic E-state index is 11.5. The van der Waals surface area contributed by atoms with Gasteiger partial charge in [0.25, 0.3) is 5.91 Å². The van der Waals surface area contributed by atoms with Crippen LogP contribution in [0.15, 0.2) is 12.1 Å². The van der Waals surface area contributed by atoms with E-state index in [1.165, 1.54) is 11.3 Å². The Hall–Kier alpha value is -1.36. The van der Waals surface area contributed by atoms with Gasteiger partial charge in [0.05, 0.1) is 11.4 Å². The topological polar surface area (TPSA) is 58.2 Å². The number of hydrogen-bond donors (Lipinski definition) is 2. The molecule has 0 aliphatic heterocycles. The summed E-state index contributed by atoms with van der Waals surface area (Å²) in [6, 6.07) is 3.64. The van der Waals surface area contributed by atoms with Gasteiger partial charge in [0, 0.05) is 11.4 Å². The van der Waals surface area contributed by atoms with Gasteiger partial charge in [0.15, 0.2) is 0 Å². The molecule has 0 fully saturated rings. The van der Waals surface area contributed by atoms with Crippen LogP contribution in [0.2, 0.25) is 0 Å². The van der Waals surface area contributed by atoms with Crippen molar-refractivity contribution in [3.05, 3.63) is 21.9 Å². The van der Waals surface area contributed by atoms with Crippen molar-refractivity contribution in [1.82, 2.24) is 10.6 Å². The highest BCUT2D eigenvalue weighted by Gasteiger charge is 2.08. The molecule has 0 saturated carbocycles. The van der Waals surface area contributed by atoms with E-state index >= 15 is 0 Å². The molecule has 1 rings (SSSR count). The Labute approximate surface area is 92.7 Å². The Morgan fingerprint density at radius 2 is 2.07 bits per heavy atom. The first kappa shape index (κ1) is 11.7. The first-order valence-corrected chi connectivity index (χ1v) is 5.56. The molecule has 2 N–H and O–H groups in total. The summed E-state index contributed by atoms with van der Waals surface area (Å²) >= 11 is 1.42. The van der Waals surface area contributed by atoms with Gasteiger partial charge in [-0.15, -0.1) is 11.3 Å². The maximum absolute atomic E-state index is 11.5. The van der Waals surface area contributed by atoms with Gasteiger partial charge in [-0.1, -0.05) is 0 Å². The van der Waals surface area contributed by atoms with Crippen LogP contribution in [0.1, 0.15) is 21.5 Å². The van der Waals surface area contributed by atoms with E-state index in [4.69, 9.17) is 0 Å². The monoisotopic (exact) mass is 226 g/mol. The minimum absolute atomic E-state index is 0.0314. The van der Waals surface area contributed by atoms with Crippen LogP contribution < -0.4 is 10.6 Å². The van der Waals surface area contributed by atoms with Crippen molar-refractivity contribution in [3.63, 3.8) is 0 Å². The zero-order valence-corrected chi connectivity index (χ0v) is 9.61. The zero-order chi connectivity index (χ0) is 11.3. The van der Waals surface area contributed by atoms with Gasteiger partial charge in [0.2, 0.25) is 5.91 Å². The van der Waals surface area contributed by atoms with Crippen molar-refractivity contribution < 1.29 is 9.59 Å². The fraction of sp³-hybridized carbons (Fsp3) is 0.400. The fourth-order valence-corrected chi connectivity index (χ4v) is 1.85. The first-order chi connectivity index (χ1) is 7.13. The van der Waals surface area contributed by atoms with Gasteiger partial charge in [-0.3, -0.25) is 9.59 Å². The van der Waals surface area contributed by atoms with E-state index in [2.05, 4.69) is 10.6 Å². The van der Waals surface area contributed by atoms with Gasteiger partial charge in [-0.05, 0) is 26.0 Å². The number of amides is 2. The Morgan fingerprint density at radius 3 is 2.60 bits per heavy atom. The van der Waals surface area contributed by atoms with E-state index in [0.717, 1.165) is 4.88 Å². The third-order valence-electron chi connectivity index (χ3n) is 1.75. The lowest BCUT2D eigenvalue weighted by molar-refractivity contribution is -0.120. The highest BCUT2D eigenvalue weighted by atomic mass is 32.1. The molecular weight excluding hydrogens is 212 g/mol. The minimum Gasteiger partial charge on any atom is -0.355 e. The maximum Gasteiger partial charge on any atom is 0.261 e. The number of aryl methyl sites for hydroxylation is 1. The molecule has 2 amide bonds. The van der Waals surface area contributed by atoms with E-state index in [0.29, 0.717) is 11.4 Å². The Morgan fingerprint density at radius 1 is 1.33 bits per heavy atom. The predicted octanol–water partition coefficient (Wildman–Crippen LogP) is 0.922. The lowest BCUT2D eigenvalue weighted by Crippen LogP contribution is -2.36. The molecule has 0 saturated heterocycles. The summed E-state index contributed by atoms with van der Waals surface area (Å²) < 4.78 is 0. The summed E-state index contributed by atoms with van der Waals surface area (Å²) in [4.78, 5) is 24.3. The molecular formula is C10H14N2O2S. The number of hydrogen-bond acceptors (Lipinski definition) is 3. The summed E-state index contributed by atoms with van der Waals surface area (Å²) in [6.07, 6.45) is 0. The average Bonchev–Trinajstić information content (AvgIpc) is 2.62. The number of carbonyl (C=O) groups excluding carboxylic acids is 2. The van der Waals surface area contributed by atoms with Gasteiger partial charge in [0.1, 0.15) is 0 Å². The van der Waals surface area contributed by atoms with E-state index in [1.54, 1.807) is 6.07 Å². The van der Waals surface area contributed by atoms with E-state index < -0.39 is 0 Å².